The predicted octanol–water partition coefficient (Wildman–Crippen LogP) is 4.62. The number of hydrogen-bond donors (Lipinski definition) is 0. The Hall–Kier alpha value is -0.590. The van der Waals surface area contributed by atoms with Crippen molar-refractivity contribution in [1.82, 2.24) is 0 Å². The highest BCUT2D eigenvalue weighted by atomic mass is 16.1. The third-order valence-corrected chi connectivity index (χ3v) is 1.50. The van der Waals surface area contributed by atoms with Crippen LogP contribution in [0.1, 0.15) is 61.3 Å². The summed E-state index contributed by atoms with van der Waals surface area (Å²) in [6.45, 7) is 5.57. The molecule has 0 atom stereocenters. The van der Waals surface area contributed by atoms with E-state index in [-0.39, 0.29) is 28.1 Å². The van der Waals surface area contributed by atoms with Gasteiger partial charge in [0.15, 0.2) is 5.78 Å². The van der Waals surface area contributed by atoms with Crippen LogP contribution in [0.4, 0.5) is 0 Å². The molecule has 13 heavy (non-hydrogen) atoms. The summed E-state index contributed by atoms with van der Waals surface area (Å²) in [4.78, 5) is 10.7. The molecule has 0 heterocycles. The van der Waals surface area contributed by atoms with Crippen molar-refractivity contribution in [2.75, 3.05) is 0 Å². The molecule has 0 aromatic rings. The molecule has 0 saturated carbocycles. The van der Waals surface area contributed by atoms with Crippen LogP contribution in [0, 0.1) is 0 Å². The van der Waals surface area contributed by atoms with E-state index >= 15 is 0 Å². The fourth-order valence-electron chi connectivity index (χ4n) is 0.828. The van der Waals surface area contributed by atoms with Gasteiger partial charge in [-0.25, -0.2) is 0 Å². The average Bonchev–Trinajstić information content (AvgIpc) is 1.98. The number of carbonyl (C=O) groups excluding carboxylic acids is 1. The summed E-state index contributed by atoms with van der Waals surface area (Å²) < 4.78 is 0. The van der Waals surface area contributed by atoms with Crippen molar-refractivity contribution in [3.8, 4) is 0 Å². The Morgan fingerprint density at radius 3 is 2.08 bits per heavy atom. The van der Waals surface area contributed by atoms with Gasteiger partial charge in [-0.05, 0) is 12.5 Å². The van der Waals surface area contributed by atoms with Crippen LogP contribution in [-0.4, -0.2) is 5.78 Å². The Balaban J connectivity index is -0.000000135. The zero-order valence-electron chi connectivity index (χ0n) is 6.73. The van der Waals surface area contributed by atoms with Gasteiger partial charge >= 0.3 is 0 Å². The molecule has 0 radical (unpaired) electrons. The lowest BCUT2D eigenvalue weighted by atomic mass is 10.1. The van der Waals surface area contributed by atoms with Gasteiger partial charge in [-0.15, -0.1) is 0 Å². The molecule has 0 rings (SSSR count). The van der Waals surface area contributed by atoms with E-state index in [1.54, 1.807) is 0 Å². The van der Waals surface area contributed by atoms with Crippen LogP contribution in [0.3, 0.4) is 0 Å². The van der Waals surface area contributed by atoms with Crippen molar-refractivity contribution in [3.05, 3.63) is 12.7 Å². The highest BCUT2D eigenvalue weighted by Crippen LogP contribution is 2.02. The van der Waals surface area contributed by atoms with Gasteiger partial charge in [0.05, 0.1) is 0 Å². The molecule has 82 valence electrons. The molecule has 0 aliphatic heterocycles. The fraction of sp³-hybridized carbons (Fsp3) is 0.750. The van der Waals surface area contributed by atoms with Crippen molar-refractivity contribution < 1.29 is 4.79 Å². The molecule has 0 aliphatic rings. The summed E-state index contributed by atoms with van der Waals surface area (Å²) in [6.07, 6.45) is 6.76. The van der Waals surface area contributed by atoms with Crippen LogP contribution in [0.5, 0.6) is 0 Å². The highest BCUT2D eigenvalue weighted by molar-refractivity contribution is 5.88. The van der Waals surface area contributed by atoms with E-state index in [1.807, 2.05) is 0 Å². The maximum absolute atomic E-state index is 10.7. The summed E-state index contributed by atoms with van der Waals surface area (Å²) in [5.41, 5.74) is 0. The second kappa shape index (κ2) is 17.5. The van der Waals surface area contributed by atoms with Gasteiger partial charge < -0.3 is 0 Å². The van der Waals surface area contributed by atoms with Crippen molar-refractivity contribution in [3.63, 3.8) is 0 Å². The van der Waals surface area contributed by atoms with E-state index < -0.39 is 0 Å². The number of unbranched alkanes of at least 4 members (excludes halogenated alkanes) is 3. The normalized spacial score (nSPS) is 7.15. The lowest BCUT2D eigenvalue weighted by molar-refractivity contribution is -0.114. The molecule has 0 spiro atoms. The Kier molecular flexibility index (Phi) is 30.7. The highest BCUT2D eigenvalue weighted by Gasteiger charge is 1.93. The van der Waals surface area contributed by atoms with Crippen LogP contribution < -0.4 is 0 Å². The van der Waals surface area contributed by atoms with Gasteiger partial charge in [-0.1, -0.05) is 55.0 Å². The second-order valence-electron chi connectivity index (χ2n) is 2.48. The largest absolute Gasteiger partial charge is 0.295 e. The molecule has 0 aromatic carbocycles. The first-order valence-corrected chi connectivity index (χ1v) is 3.96. The maximum Gasteiger partial charge on any atom is 0.155 e. The smallest absolute Gasteiger partial charge is 0.155 e. The molecule has 0 amide bonds. The first-order chi connectivity index (χ1) is 4.81. The summed E-state index contributed by atoms with van der Waals surface area (Å²) in [6, 6.07) is 0. The third kappa shape index (κ3) is 18.4. The first kappa shape index (κ1) is 22.8. The quantitative estimate of drug-likeness (QED) is 0.439. The lowest BCUT2D eigenvalue weighted by Crippen LogP contribution is -1.90. The SMILES string of the molecule is C.C.C.C=CC(=O)CCCCCC. The first-order valence-electron chi connectivity index (χ1n) is 3.96. The molecular weight excluding hydrogens is 160 g/mol. The summed E-state index contributed by atoms with van der Waals surface area (Å²) in [5, 5.41) is 0. The minimum atomic E-state index is 0. The van der Waals surface area contributed by atoms with E-state index in [0.717, 1.165) is 6.42 Å². The standard InChI is InChI=1S/C9H16O.3CH4/c1-3-5-6-7-8-9(10)4-2;;;/h4H,2-3,5-8H2,1H3;3*1H4. The maximum atomic E-state index is 10.7. The van der Waals surface area contributed by atoms with Crippen LogP contribution >= 0.6 is 0 Å². The van der Waals surface area contributed by atoms with Crippen LogP contribution in [0.25, 0.3) is 0 Å². The second-order valence-corrected chi connectivity index (χ2v) is 2.48. The zero-order chi connectivity index (χ0) is 7.82. The van der Waals surface area contributed by atoms with Crippen LogP contribution in [0.15, 0.2) is 12.7 Å². The number of hydrogen-bond acceptors (Lipinski definition) is 1. The van der Waals surface area contributed by atoms with Crippen molar-refractivity contribution in [2.45, 2.75) is 61.3 Å². The summed E-state index contributed by atoms with van der Waals surface area (Å²) in [5.74, 6) is 0.177. The zero-order valence-corrected chi connectivity index (χ0v) is 6.73. The van der Waals surface area contributed by atoms with E-state index in [1.165, 1.54) is 25.3 Å². The van der Waals surface area contributed by atoms with Crippen molar-refractivity contribution in [2.24, 2.45) is 0 Å². The summed E-state index contributed by atoms with van der Waals surface area (Å²) in [7, 11) is 0. The lowest BCUT2D eigenvalue weighted by Gasteiger charge is -1.94. The number of allylic oxidation sites excluding steroid dienone is 1. The van der Waals surface area contributed by atoms with E-state index in [4.69, 9.17) is 0 Å². The van der Waals surface area contributed by atoms with Gasteiger partial charge in [0.2, 0.25) is 0 Å². The Morgan fingerprint density at radius 2 is 1.69 bits per heavy atom. The molecule has 0 saturated heterocycles. The van der Waals surface area contributed by atoms with Crippen molar-refractivity contribution >= 4 is 5.78 Å². The molecule has 0 fully saturated rings. The molecule has 0 aliphatic carbocycles. The topological polar surface area (TPSA) is 17.1 Å². The van der Waals surface area contributed by atoms with E-state index in [0.29, 0.717) is 6.42 Å². The number of rotatable bonds is 6. The van der Waals surface area contributed by atoms with Gasteiger partial charge in [0.1, 0.15) is 0 Å². The van der Waals surface area contributed by atoms with Gasteiger partial charge in [-0.3, -0.25) is 4.79 Å². The van der Waals surface area contributed by atoms with E-state index in [2.05, 4.69) is 13.5 Å². The molecular formula is C12H28O. The van der Waals surface area contributed by atoms with Crippen LogP contribution in [0.2, 0.25) is 0 Å². The fourth-order valence-corrected chi connectivity index (χ4v) is 0.828. The van der Waals surface area contributed by atoms with Gasteiger partial charge in [0.25, 0.3) is 0 Å². The molecule has 0 bridgehead atoms. The number of carbonyl (C=O) groups is 1. The Labute approximate surface area is 85.2 Å². The predicted molar refractivity (Wildman–Crippen MR) is 64.2 cm³/mol. The Morgan fingerprint density at radius 1 is 1.15 bits per heavy atom. The molecule has 0 N–H and O–H groups in total. The monoisotopic (exact) mass is 188 g/mol. The summed E-state index contributed by atoms with van der Waals surface area (Å²) >= 11 is 0. The Bertz CT molecular complexity index is 106. The van der Waals surface area contributed by atoms with Gasteiger partial charge in [0, 0.05) is 6.42 Å². The molecule has 0 unspecified atom stereocenters. The van der Waals surface area contributed by atoms with Crippen molar-refractivity contribution in [1.29, 1.82) is 0 Å². The molecule has 1 heteroatoms. The molecule has 0 aromatic heterocycles. The average molecular weight is 188 g/mol. The minimum absolute atomic E-state index is 0. The van der Waals surface area contributed by atoms with Gasteiger partial charge in [-0.2, -0.15) is 0 Å². The third-order valence-electron chi connectivity index (χ3n) is 1.50. The molecule has 1 nitrogen and oxygen atoms in total. The number of ketones is 1. The minimum Gasteiger partial charge on any atom is -0.295 e. The van der Waals surface area contributed by atoms with E-state index in [9.17, 15) is 4.79 Å². The van der Waals surface area contributed by atoms with Crippen LogP contribution in [-0.2, 0) is 4.79 Å².